The number of nitriles is 1. The molecule has 0 bridgehead atoms. The molecule has 0 aliphatic heterocycles. The predicted molar refractivity (Wildman–Crippen MR) is 112 cm³/mol. The van der Waals surface area contributed by atoms with Crippen molar-refractivity contribution in [2.24, 2.45) is 0 Å². The number of pyridine rings is 1. The lowest BCUT2D eigenvalue weighted by Gasteiger charge is -2.26. The second-order valence-corrected chi connectivity index (χ2v) is 7.30. The van der Waals surface area contributed by atoms with E-state index < -0.39 is 0 Å². The Hall–Kier alpha value is -1.96. The molecule has 0 unspecified atom stereocenters. The molecule has 0 amide bonds. The van der Waals surface area contributed by atoms with Crippen LogP contribution in [0.2, 0.25) is 20.2 Å². The van der Waals surface area contributed by atoms with E-state index in [2.05, 4.69) is 4.98 Å². The second-order valence-electron chi connectivity index (χ2n) is 5.77. The molecule has 1 aromatic heterocycles. The smallest absolute Gasteiger partial charge is 0.151 e. The highest BCUT2D eigenvalue weighted by molar-refractivity contribution is 6.44. The van der Waals surface area contributed by atoms with Crippen molar-refractivity contribution >= 4 is 52.2 Å². The van der Waals surface area contributed by atoms with Gasteiger partial charge in [0.05, 0.1) is 10.6 Å². The SMILES string of the molecule is N#Cc1c(Cl)c(Cl)nc(N(Cc2ccccc2)Cc2ccccc2Cl)c1Cl. The van der Waals surface area contributed by atoms with Crippen LogP contribution < -0.4 is 4.90 Å². The molecule has 0 radical (unpaired) electrons. The van der Waals surface area contributed by atoms with E-state index in [4.69, 9.17) is 46.4 Å². The van der Waals surface area contributed by atoms with Gasteiger partial charge in [-0.3, -0.25) is 0 Å². The molecule has 3 rings (SSSR count). The van der Waals surface area contributed by atoms with E-state index in [0.29, 0.717) is 23.9 Å². The highest BCUT2D eigenvalue weighted by atomic mass is 35.5. The zero-order chi connectivity index (χ0) is 19.4. The van der Waals surface area contributed by atoms with Crippen LogP contribution in [-0.2, 0) is 13.1 Å². The van der Waals surface area contributed by atoms with Gasteiger partial charge in [-0.1, -0.05) is 94.9 Å². The second kappa shape index (κ2) is 8.82. The van der Waals surface area contributed by atoms with E-state index in [1.807, 2.05) is 65.6 Å². The van der Waals surface area contributed by atoms with Gasteiger partial charge in [0.15, 0.2) is 11.0 Å². The first-order valence-corrected chi connectivity index (χ1v) is 9.49. The fourth-order valence-electron chi connectivity index (χ4n) is 2.65. The maximum atomic E-state index is 9.41. The van der Waals surface area contributed by atoms with Crippen molar-refractivity contribution in [3.05, 3.63) is 91.5 Å². The van der Waals surface area contributed by atoms with Crippen molar-refractivity contribution in [2.45, 2.75) is 13.1 Å². The number of halogens is 4. The maximum Gasteiger partial charge on any atom is 0.151 e. The summed E-state index contributed by atoms with van der Waals surface area (Å²) in [6, 6.07) is 19.4. The van der Waals surface area contributed by atoms with Crippen LogP contribution in [0.4, 0.5) is 5.82 Å². The molecule has 0 saturated carbocycles. The zero-order valence-corrected chi connectivity index (χ0v) is 17.0. The molecule has 3 nitrogen and oxygen atoms in total. The van der Waals surface area contributed by atoms with Gasteiger partial charge in [0, 0.05) is 18.1 Å². The molecule has 7 heteroatoms. The molecule has 0 saturated heterocycles. The van der Waals surface area contributed by atoms with Crippen molar-refractivity contribution in [3.8, 4) is 6.07 Å². The van der Waals surface area contributed by atoms with Crippen LogP contribution in [0.25, 0.3) is 0 Å². The lowest BCUT2D eigenvalue weighted by molar-refractivity contribution is 0.783. The quantitative estimate of drug-likeness (QED) is 0.414. The summed E-state index contributed by atoms with van der Waals surface area (Å²) >= 11 is 25.0. The van der Waals surface area contributed by atoms with Gasteiger partial charge in [-0.25, -0.2) is 4.98 Å². The van der Waals surface area contributed by atoms with E-state index in [1.54, 1.807) is 0 Å². The van der Waals surface area contributed by atoms with Crippen LogP contribution in [0.1, 0.15) is 16.7 Å². The zero-order valence-electron chi connectivity index (χ0n) is 14.0. The van der Waals surface area contributed by atoms with Crippen LogP contribution in [-0.4, -0.2) is 4.98 Å². The van der Waals surface area contributed by atoms with E-state index in [0.717, 1.165) is 11.1 Å². The minimum atomic E-state index is 0.0323. The van der Waals surface area contributed by atoms with Crippen LogP contribution in [0.5, 0.6) is 0 Å². The normalized spacial score (nSPS) is 10.5. The van der Waals surface area contributed by atoms with Crippen molar-refractivity contribution in [3.63, 3.8) is 0 Å². The summed E-state index contributed by atoms with van der Waals surface area (Å²) in [4.78, 5) is 6.26. The first-order chi connectivity index (χ1) is 13.0. The first-order valence-electron chi connectivity index (χ1n) is 7.98. The molecule has 0 spiro atoms. The molecule has 27 heavy (non-hydrogen) atoms. The third-order valence-corrected chi connectivity index (χ3v) is 5.43. The van der Waals surface area contributed by atoms with E-state index in [-0.39, 0.29) is 20.8 Å². The largest absolute Gasteiger partial charge is 0.347 e. The summed E-state index contributed by atoms with van der Waals surface area (Å²) in [7, 11) is 0. The molecular weight excluding hydrogens is 424 g/mol. The molecule has 0 fully saturated rings. The number of aromatic nitrogens is 1. The Morgan fingerprint density at radius 1 is 0.852 bits per heavy atom. The van der Waals surface area contributed by atoms with Crippen LogP contribution >= 0.6 is 46.4 Å². The number of benzene rings is 2. The van der Waals surface area contributed by atoms with Crippen molar-refractivity contribution in [1.29, 1.82) is 5.26 Å². The Balaban J connectivity index is 2.09. The van der Waals surface area contributed by atoms with Gasteiger partial charge in [-0.05, 0) is 17.2 Å². The molecule has 0 atom stereocenters. The van der Waals surface area contributed by atoms with Gasteiger partial charge >= 0.3 is 0 Å². The van der Waals surface area contributed by atoms with Gasteiger partial charge in [-0.15, -0.1) is 0 Å². The molecule has 1 heterocycles. The average Bonchev–Trinajstić information content (AvgIpc) is 2.67. The van der Waals surface area contributed by atoms with Gasteiger partial charge in [0.2, 0.25) is 0 Å². The van der Waals surface area contributed by atoms with Gasteiger partial charge in [-0.2, -0.15) is 5.26 Å². The number of nitrogens with zero attached hydrogens (tertiary/aromatic N) is 3. The highest BCUT2D eigenvalue weighted by Gasteiger charge is 2.22. The van der Waals surface area contributed by atoms with Crippen molar-refractivity contribution < 1.29 is 0 Å². The standard InChI is InChI=1S/C20H13Cl4N3/c21-16-9-5-4-8-14(16)12-27(11-13-6-2-1-3-7-13)20-18(23)15(10-25)17(22)19(24)26-20/h1-9H,11-12H2. The Kier molecular flexibility index (Phi) is 6.46. The third kappa shape index (κ3) is 4.48. The highest BCUT2D eigenvalue weighted by Crippen LogP contribution is 2.37. The summed E-state index contributed by atoms with van der Waals surface area (Å²) in [5, 5.41) is 10.3. The third-order valence-electron chi connectivity index (χ3n) is 3.97. The van der Waals surface area contributed by atoms with E-state index in [1.165, 1.54) is 0 Å². The number of anilines is 1. The fourth-order valence-corrected chi connectivity index (χ4v) is 3.55. The minimum absolute atomic E-state index is 0.0323. The Labute approximate surface area is 177 Å². The van der Waals surface area contributed by atoms with Gasteiger partial charge in [0.25, 0.3) is 0 Å². The maximum absolute atomic E-state index is 9.41. The molecular formula is C20H13Cl4N3. The summed E-state index contributed by atoms with van der Waals surface area (Å²) in [5.41, 5.74) is 2.05. The molecule has 0 aliphatic carbocycles. The predicted octanol–water partition coefficient (Wildman–Crippen LogP) is 6.77. The summed E-state index contributed by atoms with van der Waals surface area (Å²) < 4.78 is 0. The number of hydrogen-bond acceptors (Lipinski definition) is 3. The van der Waals surface area contributed by atoms with Crippen LogP contribution in [0, 0.1) is 11.3 Å². The molecule has 136 valence electrons. The Morgan fingerprint density at radius 2 is 1.52 bits per heavy atom. The molecule has 2 aromatic carbocycles. The number of rotatable bonds is 5. The lowest BCUT2D eigenvalue weighted by atomic mass is 10.1. The minimum Gasteiger partial charge on any atom is -0.347 e. The van der Waals surface area contributed by atoms with Crippen LogP contribution in [0.15, 0.2) is 54.6 Å². The van der Waals surface area contributed by atoms with E-state index in [9.17, 15) is 5.26 Å². The van der Waals surface area contributed by atoms with Crippen molar-refractivity contribution in [1.82, 2.24) is 4.98 Å². The summed E-state index contributed by atoms with van der Waals surface area (Å²) in [5.74, 6) is 0.381. The van der Waals surface area contributed by atoms with E-state index >= 15 is 0 Å². The Bertz CT molecular complexity index is 1000. The molecule has 0 N–H and O–H groups in total. The topological polar surface area (TPSA) is 39.9 Å². The van der Waals surface area contributed by atoms with Crippen LogP contribution in [0.3, 0.4) is 0 Å². The molecule has 0 aliphatic rings. The van der Waals surface area contributed by atoms with Gasteiger partial charge < -0.3 is 4.90 Å². The monoisotopic (exact) mass is 435 g/mol. The van der Waals surface area contributed by atoms with Crippen molar-refractivity contribution in [2.75, 3.05) is 4.90 Å². The average molecular weight is 437 g/mol. The lowest BCUT2D eigenvalue weighted by Crippen LogP contribution is -2.24. The first kappa shape index (κ1) is 19.8. The summed E-state index contributed by atoms with van der Waals surface area (Å²) in [6.07, 6.45) is 0. The summed E-state index contributed by atoms with van der Waals surface area (Å²) in [6.45, 7) is 0.936. The Morgan fingerprint density at radius 3 is 2.19 bits per heavy atom. The fraction of sp³-hybridized carbons (Fsp3) is 0.100. The number of hydrogen-bond donors (Lipinski definition) is 0. The molecule has 3 aromatic rings. The van der Waals surface area contributed by atoms with Gasteiger partial charge in [0.1, 0.15) is 11.1 Å².